The van der Waals surface area contributed by atoms with E-state index >= 15 is 0 Å². The number of nitrogens with zero attached hydrogens (tertiary/aromatic N) is 1. The maximum absolute atomic E-state index is 5.48. The van der Waals surface area contributed by atoms with Gasteiger partial charge in [0.2, 0.25) is 0 Å². The second-order valence-electron chi connectivity index (χ2n) is 3.70. The Morgan fingerprint density at radius 3 is 3.20 bits per heavy atom. The third kappa shape index (κ3) is 0.611. The lowest BCUT2D eigenvalue weighted by atomic mass is 10.0. The van der Waals surface area contributed by atoms with Crippen LogP contribution in [0.2, 0.25) is 0 Å². The quantitative estimate of drug-likeness (QED) is 0.457. The SMILES string of the molecule is C1CCN2C[C@H]3O[C@H]3[C@H]2C1. The van der Waals surface area contributed by atoms with Crippen molar-refractivity contribution in [3.8, 4) is 0 Å². The van der Waals surface area contributed by atoms with E-state index in [1.807, 2.05) is 0 Å². The van der Waals surface area contributed by atoms with Crippen molar-refractivity contribution < 1.29 is 4.74 Å². The molecular formula is C8H13NO. The normalized spacial score (nSPS) is 52.2. The maximum atomic E-state index is 5.48. The Labute approximate surface area is 61.1 Å². The molecule has 0 aliphatic carbocycles. The summed E-state index contributed by atoms with van der Waals surface area (Å²) in [5.74, 6) is 0. The molecular weight excluding hydrogens is 126 g/mol. The summed E-state index contributed by atoms with van der Waals surface area (Å²) in [6, 6.07) is 0.818. The van der Waals surface area contributed by atoms with E-state index in [0.29, 0.717) is 12.2 Å². The van der Waals surface area contributed by atoms with Crippen LogP contribution in [0.25, 0.3) is 0 Å². The lowest BCUT2D eigenvalue weighted by molar-refractivity contribution is 0.109. The van der Waals surface area contributed by atoms with Crippen molar-refractivity contribution in [2.24, 2.45) is 0 Å². The van der Waals surface area contributed by atoms with E-state index in [9.17, 15) is 0 Å². The van der Waals surface area contributed by atoms with Crippen LogP contribution < -0.4 is 0 Å². The number of hydrogen-bond acceptors (Lipinski definition) is 2. The molecule has 0 N–H and O–H groups in total. The fraction of sp³-hybridized carbons (Fsp3) is 1.00. The molecule has 2 heteroatoms. The van der Waals surface area contributed by atoms with Crippen LogP contribution in [0.4, 0.5) is 0 Å². The smallest absolute Gasteiger partial charge is 0.101 e. The first-order chi connectivity index (χ1) is 4.95. The summed E-state index contributed by atoms with van der Waals surface area (Å²) < 4.78 is 5.48. The largest absolute Gasteiger partial charge is 0.366 e. The predicted octanol–water partition coefficient (Wildman–Crippen LogP) is 0.622. The van der Waals surface area contributed by atoms with Crippen molar-refractivity contribution in [3.63, 3.8) is 0 Å². The van der Waals surface area contributed by atoms with E-state index in [1.54, 1.807) is 0 Å². The third-order valence-corrected chi connectivity index (χ3v) is 3.08. The Kier molecular flexibility index (Phi) is 0.968. The van der Waals surface area contributed by atoms with Crippen LogP contribution in [0.15, 0.2) is 0 Å². The fourth-order valence-corrected chi connectivity index (χ4v) is 2.49. The summed E-state index contributed by atoms with van der Waals surface area (Å²) in [5, 5.41) is 0. The van der Waals surface area contributed by atoms with Gasteiger partial charge in [-0.2, -0.15) is 0 Å². The van der Waals surface area contributed by atoms with Gasteiger partial charge in [0.1, 0.15) is 6.10 Å². The van der Waals surface area contributed by atoms with Gasteiger partial charge in [-0.05, 0) is 19.4 Å². The van der Waals surface area contributed by atoms with Crippen molar-refractivity contribution >= 4 is 0 Å². The van der Waals surface area contributed by atoms with Gasteiger partial charge < -0.3 is 4.74 Å². The van der Waals surface area contributed by atoms with Crippen molar-refractivity contribution in [2.45, 2.75) is 37.5 Å². The Morgan fingerprint density at radius 2 is 2.30 bits per heavy atom. The summed E-state index contributed by atoms with van der Waals surface area (Å²) in [6.45, 7) is 2.57. The van der Waals surface area contributed by atoms with Crippen LogP contribution in [0.3, 0.4) is 0 Å². The van der Waals surface area contributed by atoms with Crippen LogP contribution in [0, 0.1) is 0 Å². The van der Waals surface area contributed by atoms with Crippen LogP contribution in [-0.4, -0.2) is 36.2 Å². The molecule has 10 heavy (non-hydrogen) atoms. The molecule has 0 spiro atoms. The van der Waals surface area contributed by atoms with Gasteiger partial charge >= 0.3 is 0 Å². The molecule has 0 unspecified atom stereocenters. The summed E-state index contributed by atoms with van der Waals surface area (Å²) in [5.41, 5.74) is 0. The molecule has 0 aromatic carbocycles. The minimum absolute atomic E-state index is 0.642. The van der Waals surface area contributed by atoms with E-state index in [4.69, 9.17) is 4.74 Å². The number of ether oxygens (including phenoxy) is 1. The molecule has 0 saturated carbocycles. The van der Waals surface area contributed by atoms with Crippen LogP contribution in [0.1, 0.15) is 19.3 Å². The zero-order valence-corrected chi connectivity index (χ0v) is 6.12. The van der Waals surface area contributed by atoms with Gasteiger partial charge in [-0.3, -0.25) is 4.90 Å². The van der Waals surface area contributed by atoms with E-state index in [1.165, 1.54) is 32.4 Å². The minimum Gasteiger partial charge on any atom is -0.366 e. The standard InChI is InChI=1S/C8H13NO/c1-2-4-9-5-7-8(10-7)6(9)3-1/h6-8H,1-5H2/t6-,7-,8+/m1/s1. The van der Waals surface area contributed by atoms with Gasteiger partial charge in [0, 0.05) is 12.6 Å². The molecule has 3 aliphatic rings. The molecule has 0 amide bonds. The van der Waals surface area contributed by atoms with Crippen LogP contribution in [-0.2, 0) is 4.74 Å². The van der Waals surface area contributed by atoms with E-state index in [2.05, 4.69) is 4.90 Å². The van der Waals surface area contributed by atoms with Crippen molar-refractivity contribution in [2.75, 3.05) is 13.1 Å². The highest BCUT2D eigenvalue weighted by Crippen LogP contribution is 2.40. The van der Waals surface area contributed by atoms with E-state index < -0.39 is 0 Å². The summed E-state index contributed by atoms with van der Waals surface area (Å²) >= 11 is 0. The zero-order chi connectivity index (χ0) is 6.55. The summed E-state index contributed by atoms with van der Waals surface area (Å²) in [6.07, 6.45) is 5.52. The first-order valence-corrected chi connectivity index (χ1v) is 4.35. The second kappa shape index (κ2) is 1.74. The molecule has 0 bridgehead atoms. The first-order valence-electron chi connectivity index (χ1n) is 4.35. The number of hydrogen-bond donors (Lipinski definition) is 0. The molecule has 2 nitrogen and oxygen atoms in total. The van der Waals surface area contributed by atoms with E-state index in [0.717, 1.165) is 6.04 Å². The molecule has 3 aliphatic heterocycles. The molecule has 3 rings (SSSR count). The Morgan fingerprint density at radius 1 is 1.30 bits per heavy atom. The fourth-order valence-electron chi connectivity index (χ4n) is 2.49. The zero-order valence-electron chi connectivity index (χ0n) is 6.12. The highest BCUT2D eigenvalue weighted by atomic mass is 16.6. The van der Waals surface area contributed by atoms with Crippen molar-refractivity contribution in [3.05, 3.63) is 0 Å². The number of epoxide rings is 1. The average Bonchev–Trinajstić information content (AvgIpc) is 2.64. The minimum atomic E-state index is 0.642. The Bertz CT molecular complexity index is 159. The molecule has 3 heterocycles. The molecule has 3 fully saturated rings. The summed E-state index contributed by atoms with van der Waals surface area (Å²) in [4.78, 5) is 2.61. The second-order valence-corrected chi connectivity index (χ2v) is 3.70. The lowest BCUT2D eigenvalue weighted by Gasteiger charge is -2.30. The number of morpholine rings is 1. The van der Waals surface area contributed by atoms with Gasteiger partial charge in [0.05, 0.1) is 6.10 Å². The predicted molar refractivity (Wildman–Crippen MR) is 37.9 cm³/mol. The van der Waals surface area contributed by atoms with Crippen molar-refractivity contribution in [1.82, 2.24) is 4.90 Å². The maximum Gasteiger partial charge on any atom is 0.101 e. The highest BCUT2D eigenvalue weighted by molar-refractivity contribution is 5.05. The molecule has 3 saturated heterocycles. The Hall–Kier alpha value is -0.0800. The monoisotopic (exact) mass is 139 g/mol. The Balaban J connectivity index is 1.80. The highest BCUT2D eigenvalue weighted by Gasteiger charge is 2.54. The number of fused-ring (bicyclic) bond motifs is 3. The molecule has 0 radical (unpaired) electrons. The first kappa shape index (κ1) is 5.56. The van der Waals surface area contributed by atoms with Gasteiger partial charge in [0.15, 0.2) is 0 Å². The number of rotatable bonds is 0. The summed E-state index contributed by atoms with van der Waals surface area (Å²) in [7, 11) is 0. The van der Waals surface area contributed by atoms with Gasteiger partial charge in [-0.25, -0.2) is 0 Å². The molecule has 3 atom stereocenters. The lowest BCUT2D eigenvalue weighted by Crippen LogP contribution is -2.38. The number of piperidine rings is 1. The van der Waals surface area contributed by atoms with Crippen molar-refractivity contribution in [1.29, 1.82) is 0 Å². The third-order valence-electron chi connectivity index (χ3n) is 3.08. The van der Waals surface area contributed by atoms with E-state index in [-0.39, 0.29) is 0 Å². The molecule has 56 valence electrons. The van der Waals surface area contributed by atoms with Gasteiger partial charge in [-0.1, -0.05) is 6.42 Å². The van der Waals surface area contributed by atoms with Crippen LogP contribution in [0.5, 0.6) is 0 Å². The topological polar surface area (TPSA) is 15.8 Å². The molecule has 0 aromatic rings. The van der Waals surface area contributed by atoms with Gasteiger partial charge in [0.25, 0.3) is 0 Å². The molecule has 0 aromatic heterocycles. The average molecular weight is 139 g/mol. The van der Waals surface area contributed by atoms with Gasteiger partial charge in [-0.15, -0.1) is 0 Å². The van der Waals surface area contributed by atoms with Crippen LogP contribution >= 0.6 is 0 Å².